The fourth-order valence-corrected chi connectivity index (χ4v) is 3.08. The zero-order chi connectivity index (χ0) is 13.4. The van der Waals surface area contributed by atoms with Crippen LogP contribution in [0.2, 0.25) is 5.02 Å². The van der Waals surface area contributed by atoms with E-state index in [-0.39, 0.29) is 23.8 Å². The molecule has 3 rings (SSSR count). The first-order valence-electron chi connectivity index (χ1n) is 6.36. The van der Waals surface area contributed by atoms with Crippen LogP contribution in [0.4, 0.5) is 0 Å². The van der Waals surface area contributed by atoms with Crippen LogP contribution in [0.3, 0.4) is 0 Å². The Morgan fingerprint density at radius 3 is 3.16 bits per heavy atom. The van der Waals surface area contributed by atoms with E-state index in [1.165, 1.54) is 6.20 Å². The van der Waals surface area contributed by atoms with E-state index in [0.29, 0.717) is 23.7 Å². The van der Waals surface area contributed by atoms with Crippen molar-refractivity contribution in [2.75, 3.05) is 13.1 Å². The number of nitrogens with zero attached hydrogens (tertiary/aromatic N) is 2. The van der Waals surface area contributed by atoms with Crippen molar-refractivity contribution >= 4 is 23.4 Å². The fourth-order valence-electron chi connectivity index (χ4n) is 2.89. The first-order chi connectivity index (χ1) is 9.18. The van der Waals surface area contributed by atoms with E-state index in [2.05, 4.69) is 10.3 Å². The minimum absolute atomic E-state index is 0.0509. The van der Waals surface area contributed by atoms with Crippen molar-refractivity contribution in [2.24, 2.45) is 5.92 Å². The van der Waals surface area contributed by atoms with Crippen LogP contribution in [0.5, 0.6) is 0 Å². The Morgan fingerprint density at radius 1 is 1.53 bits per heavy atom. The lowest BCUT2D eigenvalue weighted by Crippen LogP contribution is -2.48. The Labute approximate surface area is 115 Å². The van der Waals surface area contributed by atoms with Gasteiger partial charge in [-0.05, 0) is 18.9 Å². The molecule has 2 aliphatic heterocycles. The highest BCUT2D eigenvalue weighted by Crippen LogP contribution is 2.29. The second kappa shape index (κ2) is 4.81. The number of rotatable bonds is 1. The Kier molecular flexibility index (Phi) is 3.14. The molecule has 0 aromatic carbocycles. The van der Waals surface area contributed by atoms with Gasteiger partial charge in [-0.2, -0.15) is 0 Å². The van der Waals surface area contributed by atoms with Gasteiger partial charge >= 0.3 is 0 Å². The molecular weight excluding hydrogens is 266 g/mol. The van der Waals surface area contributed by atoms with Crippen molar-refractivity contribution in [2.45, 2.75) is 18.9 Å². The third kappa shape index (κ3) is 2.08. The highest BCUT2D eigenvalue weighted by molar-refractivity contribution is 6.33. The van der Waals surface area contributed by atoms with E-state index in [9.17, 15) is 9.59 Å². The third-order valence-corrected chi connectivity index (χ3v) is 4.19. The van der Waals surface area contributed by atoms with E-state index in [1.807, 2.05) is 0 Å². The minimum atomic E-state index is -0.135. The van der Waals surface area contributed by atoms with Crippen molar-refractivity contribution < 1.29 is 9.59 Å². The average Bonchev–Trinajstić information content (AvgIpc) is 2.80. The summed E-state index contributed by atoms with van der Waals surface area (Å²) in [7, 11) is 0. The summed E-state index contributed by atoms with van der Waals surface area (Å²) in [5.41, 5.74) is 0.407. The summed E-state index contributed by atoms with van der Waals surface area (Å²) in [5.74, 6) is -0.155. The number of likely N-dealkylation sites (tertiary alicyclic amines) is 1. The van der Waals surface area contributed by atoms with Crippen molar-refractivity contribution in [3.8, 4) is 0 Å². The molecule has 6 heteroatoms. The third-order valence-electron chi connectivity index (χ3n) is 3.86. The van der Waals surface area contributed by atoms with Gasteiger partial charge in [0.05, 0.1) is 22.5 Å². The Morgan fingerprint density at radius 2 is 2.37 bits per heavy atom. The number of aromatic nitrogens is 1. The molecular formula is C13H14ClN3O2. The van der Waals surface area contributed by atoms with Crippen LogP contribution in [0.25, 0.3) is 0 Å². The van der Waals surface area contributed by atoms with Gasteiger partial charge in [-0.15, -0.1) is 0 Å². The lowest BCUT2D eigenvalue weighted by Gasteiger charge is -2.36. The fraction of sp³-hybridized carbons (Fsp3) is 0.462. The van der Waals surface area contributed by atoms with Gasteiger partial charge in [-0.25, -0.2) is 0 Å². The molecule has 2 amide bonds. The van der Waals surface area contributed by atoms with Crippen LogP contribution in [-0.2, 0) is 4.79 Å². The molecule has 0 radical (unpaired) electrons. The molecule has 19 heavy (non-hydrogen) atoms. The van der Waals surface area contributed by atoms with Gasteiger partial charge in [0.2, 0.25) is 5.91 Å². The van der Waals surface area contributed by atoms with Crippen LogP contribution >= 0.6 is 11.6 Å². The van der Waals surface area contributed by atoms with Crippen LogP contribution in [0.15, 0.2) is 18.5 Å². The molecule has 2 fully saturated rings. The maximum Gasteiger partial charge on any atom is 0.257 e. The highest BCUT2D eigenvalue weighted by Gasteiger charge is 2.42. The van der Waals surface area contributed by atoms with Crippen molar-refractivity contribution in [3.63, 3.8) is 0 Å². The summed E-state index contributed by atoms with van der Waals surface area (Å²) in [4.78, 5) is 29.9. The molecule has 2 unspecified atom stereocenters. The molecule has 0 spiro atoms. The summed E-state index contributed by atoms with van der Waals surface area (Å²) < 4.78 is 0. The summed E-state index contributed by atoms with van der Waals surface area (Å²) in [6, 6.07) is 1.55. The maximum atomic E-state index is 12.5. The predicted octanol–water partition coefficient (Wildman–Crippen LogP) is 1.09. The number of carbonyl (C=O) groups is 2. The van der Waals surface area contributed by atoms with Gasteiger partial charge in [0.15, 0.2) is 0 Å². The van der Waals surface area contributed by atoms with Gasteiger partial charge in [0, 0.05) is 25.5 Å². The molecule has 1 aromatic heterocycles. The zero-order valence-electron chi connectivity index (χ0n) is 10.3. The number of pyridine rings is 1. The molecule has 0 aliphatic carbocycles. The van der Waals surface area contributed by atoms with Crippen molar-refractivity contribution in [1.29, 1.82) is 0 Å². The molecule has 3 heterocycles. The number of nitrogens with one attached hydrogen (secondary N) is 1. The van der Waals surface area contributed by atoms with E-state index >= 15 is 0 Å². The number of hydrogen-bond acceptors (Lipinski definition) is 3. The SMILES string of the molecule is O=C1NCC2C1CCCN2C(=O)c1cnccc1Cl. The average molecular weight is 280 g/mol. The molecule has 0 saturated carbocycles. The lowest BCUT2D eigenvalue weighted by atomic mass is 9.91. The summed E-state index contributed by atoms with van der Waals surface area (Å²) in [6.45, 7) is 1.20. The second-order valence-electron chi connectivity index (χ2n) is 4.92. The van der Waals surface area contributed by atoms with Crippen molar-refractivity contribution in [1.82, 2.24) is 15.2 Å². The van der Waals surface area contributed by atoms with E-state index in [4.69, 9.17) is 11.6 Å². The Balaban J connectivity index is 1.87. The van der Waals surface area contributed by atoms with Gasteiger partial charge in [0.25, 0.3) is 5.91 Å². The van der Waals surface area contributed by atoms with E-state index in [1.54, 1.807) is 17.2 Å². The second-order valence-corrected chi connectivity index (χ2v) is 5.32. The molecule has 2 aliphatic rings. The molecule has 1 N–H and O–H groups in total. The molecule has 100 valence electrons. The maximum absolute atomic E-state index is 12.5. The standard InChI is InChI=1S/C13H14ClN3O2/c14-10-3-4-15-6-9(10)13(19)17-5-1-2-8-11(17)7-16-12(8)18/h3-4,6,8,11H,1-2,5,7H2,(H,16,18). The van der Waals surface area contributed by atoms with Crippen molar-refractivity contribution in [3.05, 3.63) is 29.0 Å². The predicted molar refractivity (Wildman–Crippen MR) is 69.8 cm³/mol. The van der Waals surface area contributed by atoms with Gasteiger partial charge in [-0.3, -0.25) is 14.6 Å². The zero-order valence-corrected chi connectivity index (χ0v) is 11.1. The number of fused-ring (bicyclic) bond motifs is 1. The first kappa shape index (κ1) is 12.4. The highest BCUT2D eigenvalue weighted by atomic mass is 35.5. The molecule has 0 bridgehead atoms. The molecule has 5 nitrogen and oxygen atoms in total. The summed E-state index contributed by atoms with van der Waals surface area (Å²) in [5, 5.41) is 3.23. The van der Waals surface area contributed by atoms with Crippen LogP contribution < -0.4 is 5.32 Å². The van der Waals surface area contributed by atoms with Crippen LogP contribution in [-0.4, -0.2) is 40.8 Å². The number of amides is 2. The minimum Gasteiger partial charge on any atom is -0.354 e. The van der Waals surface area contributed by atoms with Crippen LogP contribution in [0, 0.1) is 5.92 Å². The number of carbonyl (C=O) groups excluding carboxylic acids is 2. The van der Waals surface area contributed by atoms with Gasteiger partial charge < -0.3 is 10.2 Å². The summed E-state index contributed by atoms with van der Waals surface area (Å²) in [6.07, 6.45) is 4.73. The lowest BCUT2D eigenvalue weighted by molar-refractivity contribution is -0.123. The largest absolute Gasteiger partial charge is 0.354 e. The monoisotopic (exact) mass is 279 g/mol. The number of hydrogen-bond donors (Lipinski definition) is 1. The smallest absolute Gasteiger partial charge is 0.257 e. The first-order valence-corrected chi connectivity index (χ1v) is 6.74. The van der Waals surface area contributed by atoms with Crippen LogP contribution in [0.1, 0.15) is 23.2 Å². The number of halogens is 1. The van der Waals surface area contributed by atoms with Gasteiger partial charge in [-0.1, -0.05) is 11.6 Å². The topological polar surface area (TPSA) is 62.3 Å². The quantitative estimate of drug-likeness (QED) is 0.837. The Bertz CT molecular complexity index is 534. The molecule has 2 atom stereocenters. The number of piperidine rings is 1. The van der Waals surface area contributed by atoms with Gasteiger partial charge in [0.1, 0.15) is 0 Å². The van der Waals surface area contributed by atoms with E-state index in [0.717, 1.165) is 12.8 Å². The summed E-state index contributed by atoms with van der Waals surface area (Å²) >= 11 is 6.04. The normalized spacial score (nSPS) is 25.9. The molecule has 1 aromatic rings. The Hall–Kier alpha value is -1.62. The molecule has 2 saturated heterocycles. The van der Waals surface area contributed by atoms with E-state index < -0.39 is 0 Å².